The summed E-state index contributed by atoms with van der Waals surface area (Å²) in [4.78, 5) is 0. The van der Waals surface area contributed by atoms with Gasteiger partial charge < -0.3 is 15.2 Å². The maximum Gasteiger partial charge on any atom is 0.0655 e. The second kappa shape index (κ2) is 4.60. The van der Waals surface area contributed by atoms with Gasteiger partial charge in [0.25, 0.3) is 0 Å². The summed E-state index contributed by atoms with van der Waals surface area (Å²) in [5.41, 5.74) is 0.194. The Balaban J connectivity index is 2.38. The van der Waals surface area contributed by atoms with Gasteiger partial charge in [0.15, 0.2) is 0 Å². The van der Waals surface area contributed by atoms with Crippen LogP contribution in [-0.4, -0.2) is 36.5 Å². The van der Waals surface area contributed by atoms with Crippen LogP contribution >= 0.6 is 0 Å². The lowest BCUT2D eigenvalue weighted by molar-refractivity contribution is -0.117. The van der Waals surface area contributed by atoms with E-state index in [-0.39, 0.29) is 18.1 Å². The molecule has 3 atom stereocenters. The van der Waals surface area contributed by atoms with Crippen molar-refractivity contribution in [1.29, 1.82) is 0 Å². The molecule has 0 aromatic carbocycles. The standard InChI is InChI=1S/C11H23NO2/c1-5-14-10-6-9(11(10,3)4)12-8(2)7-13/h8-10,12-13H,5-7H2,1-4H3/t8-,9?,10?/m0/s1. The second-order valence-electron chi connectivity index (χ2n) is 4.80. The summed E-state index contributed by atoms with van der Waals surface area (Å²) >= 11 is 0. The molecule has 84 valence electrons. The molecule has 0 bridgehead atoms. The fourth-order valence-corrected chi connectivity index (χ4v) is 2.05. The summed E-state index contributed by atoms with van der Waals surface area (Å²) in [6.07, 6.45) is 1.43. The molecule has 0 heterocycles. The smallest absolute Gasteiger partial charge is 0.0655 e. The summed E-state index contributed by atoms with van der Waals surface area (Å²) in [5, 5.41) is 12.4. The third kappa shape index (κ3) is 2.27. The van der Waals surface area contributed by atoms with Crippen LogP contribution in [0.3, 0.4) is 0 Å². The maximum absolute atomic E-state index is 8.95. The zero-order chi connectivity index (χ0) is 10.8. The fraction of sp³-hybridized carbons (Fsp3) is 1.00. The molecule has 1 rings (SSSR count). The van der Waals surface area contributed by atoms with Crippen LogP contribution in [0.1, 0.15) is 34.1 Å². The Labute approximate surface area is 86.8 Å². The van der Waals surface area contributed by atoms with Crippen LogP contribution in [0.5, 0.6) is 0 Å². The molecular weight excluding hydrogens is 178 g/mol. The van der Waals surface area contributed by atoms with Crippen molar-refractivity contribution in [2.75, 3.05) is 13.2 Å². The molecule has 0 radical (unpaired) electrons. The van der Waals surface area contributed by atoms with Gasteiger partial charge in [-0.1, -0.05) is 13.8 Å². The third-order valence-corrected chi connectivity index (χ3v) is 3.31. The number of rotatable bonds is 5. The summed E-state index contributed by atoms with van der Waals surface area (Å²) in [7, 11) is 0. The Morgan fingerprint density at radius 2 is 2.21 bits per heavy atom. The normalized spacial score (nSPS) is 32.4. The van der Waals surface area contributed by atoms with E-state index < -0.39 is 0 Å². The Hall–Kier alpha value is -0.120. The maximum atomic E-state index is 8.95. The Morgan fingerprint density at radius 3 is 2.64 bits per heavy atom. The van der Waals surface area contributed by atoms with Crippen LogP contribution in [0, 0.1) is 5.41 Å². The zero-order valence-electron chi connectivity index (χ0n) is 9.71. The topological polar surface area (TPSA) is 41.5 Å². The molecule has 1 saturated carbocycles. The minimum absolute atomic E-state index is 0.182. The summed E-state index contributed by atoms with van der Waals surface area (Å²) in [5.74, 6) is 0. The molecule has 1 aliphatic rings. The molecule has 3 heteroatoms. The van der Waals surface area contributed by atoms with Gasteiger partial charge in [-0.05, 0) is 20.3 Å². The zero-order valence-corrected chi connectivity index (χ0v) is 9.71. The molecular formula is C11H23NO2. The Morgan fingerprint density at radius 1 is 1.57 bits per heavy atom. The number of aliphatic hydroxyl groups is 1. The number of hydrogen-bond donors (Lipinski definition) is 2. The van der Waals surface area contributed by atoms with Gasteiger partial charge in [0, 0.05) is 24.1 Å². The largest absolute Gasteiger partial charge is 0.395 e. The van der Waals surface area contributed by atoms with Gasteiger partial charge >= 0.3 is 0 Å². The summed E-state index contributed by atoms with van der Waals surface area (Å²) in [6.45, 7) is 9.47. The van der Waals surface area contributed by atoms with E-state index in [4.69, 9.17) is 9.84 Å². The highest BCUT2D eigenvalue weighted by molar-refractivity contribution is 5.03. The van der Waals surface area contributed by atoms with Gasteiger partial charge in [-0.25, -0.2) is 0 Å². The molecule has 0 spiro atoms. The third-order valence-electron chi connectivity index (χ3n) is 3.31. The highest BCUT2D eigenvalue weighted by Crippen LogP contribution is 2.42. The van der Waals surface area contributed by atoms with E-state index in [0.717, 1.165) is 13.0 Å². The molecule has 0 aliphatic heterocycles. The van der Waals surface area contributed by atoms with Crippen molar-refractivity contribution in [3.63, 3.8) is 0 Å². The van der Waals surface area contributed by atoms with E-state index in [0.29, 0.717) is 12.1 Å². The summed E-state index contributed by atoms with van der Waals surface area (Å²) in [6, 6.07) is 0.656. The molecule has 3 nitrogen and oxygen atoms in total. The average molecular weight is 201 g/mol. The molecule has 2 unspecified atom stereocenters. The van der Waals surface area contributed by atoms with E-state index in [2.05, 4.69) is 19.2 Å². The van der Waals surface area contributed by atoms with Crippen LogP contribution in [0.2, 0.25) is 0 Å². The monoisotopic (exact) mass is 201 g/mol. The van der Waals surface area contributed by atoms with Crippen LogP contribution in [0.15, 0.2) is 0 Å². The quantitative estimate of drug-likeness (QED) is 0.701. The minimum atomic E-state index is 0.182. The Bertz CT molecular complexity index is 182. The lowest BCUT2D eigenvalue weighted by Crippen LogP contribution is -2.62. The van der Waals surface area contributed by atoms with Crippen molar-refractivity contribution in [2.45, 2.75) is 52.3 Å². The highest BCUT2D eigenvalue weighted by Gasteiger charge is 2.48. The summed E-state index contributed by atoms with van der Waals surface area (Å²) < 4.78 is 5.64. The molecule has 0 aromatic heterocycles. The molecule has 0 amide bonds. The lowest BCUT2D eigenvalue weighted by atomic mass is 9.64. The first-order valence-electron chi connectivity index (χ1n) is 5.50. The van der Waals surface area contributed by atoms with Crippen LogP contribution in [0.4, 0.5) is 0 Å². The predicted molar refractivity (Wildman–Crippen MR) is 57.3 cm³/mol. The van der Waals surface area contributed by atoms with Crippen molar-refractivity contribution < 1.29 is 9.84 Å². The molecule has 0 saturated heterocycles. The highest BCUT2D eigenvalue weighted by atomic mass is 16.5. The molecule has 2 N–H and O–H groups in total. The van der Waals surface area contributed by atoms with Crippen molar-refractivity contribution in [3.05, 3.63) is 0 Å². The van der Waals surface area contributed by atoms with E-state index in [1.165, 1.54) is 0 Å². The average Bonchev–Trinajstić information content (AvgIpc) is 2.16. The minimum Gasteiger partial charge on any atom is -0.395 e. The molecule has 0 aromatic rings. The first-order valence-corrected chi connectivity index (χ1v) is 5.50. The van der Waals surface area contributed by atoms with E-state index in [9.17, 15) is 0 Å². The first kappa shape index (κ1) is 12.0. The van der Waals surface area contributed by atoms with Crippen LogP contribution < -0.4 is 5.32 Å². The van der Waals surface area contributed by atoms with Gasteiger partial charge in [-0.3, -0.25) is 0 Å². The number of nitrogens with one attached hydrogen (secondary N) is 1. The van der Waals surface area contributed by atoms with E-state index in [1.807, 2.05) is 13.8 Å². The Kier molecular flexibility index (Phi) is 3.93. The molecule has 1 fully saturated rings. The van der Waals surface area contributed by atoms with Gasteiger partial charge in [0.2, 0.25) is 0 Å². The van der Waals surface area contributed by atoms with Gasteiger partial charge in [0.05, 0.1) is 12.7 Å². The molecule has 1 aliphatic carbocycles. The van der Waals surface area contributed by atoms with E-state index >= 15 is 0 Å². The number of ether oxygens (including phenoxy) is 1. The SMILES string of the molecule is CCOC1CC(N[C@@H](C)CO)C1(C)C. The van der Waals surface area contributed by atoms with E-state index in [1.54, 1.807) is 0 Å². The van der Waals surface area contributed by atoms with Crippen molar-refractivity contribution in [3.8, 4) is 0 Å². The first-order chi connectivity index (χ1) is 6.52. The van der Waals surface area contributed by atoms with Gasteiger partial charge in [-0.2, -0.15) is 0 Å². The fourth-order valence-electron chi connectivity index (χ4n) is 2.05. The number of aliphatic hydroxyl groups excluding tert-OH is 1. The molecule has 14 heavy (non-hydrogen) atoms. The number of hydrogen-bond acceptors (Lipinski definition) is 3. The lowest BCUT2D eigenvalue weighted by Gasteiger charge is -2.52. The van der Waals surface area contributed by atoms with Gasteiger partial charge in [-0.15, -0.1) is 0 Å². The van der Waals surface area contributed by atoms with Crippen molar-refractivity contribution >= 4 is 0 Å². The van der Waals surface area contributed by atoms with Crippen molar-refractivity contribution in [1.82, 2.24) is 5.32 Å². The van der Waals surface area contributed by atoms with Crippen LogP contribution in [-0.2, 0) is 4.74 Å². The van der Waals surface area contributed by atoms with Crippen molar-refractivity contribution in [2.24, 2.45) is 5.41 Å². The van der Waals surface area contributed by atoms with Crippen LogP contribution in [0.25, 0.3) is 0 Å². The second-order valence-corrected chi connectivity index (χ2v) is 4.80. The predicted octanol–water partition coefficient (Wildman–Crippen LogP) is 1.16. The van der Waals surface area contributed by atoms with Gasteiger partial charge in [0.1, 0.15) is 0 Å².